The van der Waals surface area contributed by atoms with Gasteiger partial charge in [-0.3, -0.25) is 0 Å². The van der Waals surface area contributed by atoms with Gasteiger partial charge in [0, 0.05) is 10.9 Å². The lowest BCUT2D eigenvalue weighted by molar-refractivity contribution is 0.949. The van der Waals surface area contributed by atoms with E-state index in [-0.39, 0.29) is 0 Å². The predicted molar refractivity (Wildman–Crippen MR) is 36.5 cm³/mol. The van der Waals surface area contributed by atoms with E-state index in [0.29, 0.717) is 10.9 Å². The Kier molecular flexibility index (Phi) is 1.80. The second-order valence-electron chi connectivity index (χ2n) is 1.82. The molecule has 0 spiro atoms. The maximum atomic E-state index is 3.76. The van der Waals surface area contributed by atoms with Gasteiger partial charge in [0.05, 0.1) is 0 Å². The summed E-state index contributed by atoms with van der Waals surface area (Å²) < 4.78 is 0. The zero-order valence-corrected chi connectivity index (χ0v) is 5.34. The van der Waals surface area contributed by atoms with Gasteiger partial charge < -0.3 is 0 Å². The lowest BCUT2D eigenvalue weighted by atomic mass is 10.4. The van der Waals surface area contributed by atoms with Crippen molar-refractivity contribution in [1.29, 1.82) is 0 Å². The van der Waals surface area contributed by atoms with Crippen molar-refractivity contribution in [3.63, 3.8) is 0 Å². The van der Waals surface area contributed by atoms with Crippen LogP contribution >= 0.6 is 0 Å². The monoisotopic (exact) mass is 115 g/mol. The Labute approximate surface area is 48.0 Å². The second kappa shape index (κ2) is 2.41. The molecule has 0 bridgehead atoms. The van der Waals surface area contributed by atoms with Crippen LogP contribution in [0.5, 0.6) is 0 Å². The van der Waals surface area contributed by atoms with Crippen LogP contribution in [0.1, 0.15) is 12.8 Å². The zero-order chi connectivity index (χ0) is 5.11. The molecule has 0 aromatic rings. The molecule has 1 fully saturated rings. The Morgan fingerprint density at radius 1 is 1.29 bits per heavy atom. The highest BCUT2D eigenvalue weighted by atomic mass is 32.2. The fourth-order valence-corrected chi connectivity index (χ4v) is 2.53. The first-order chi connectivity index (χ1) is 3.43. The quantitative estimate of drug-likeness (QED) is 0.455. The zero-order valence-electron chi connectivity index (χ0n) is 4.52. The fraction of sp³-hybridized carbons (Fsp3) is 0.667. The molecule has 0 saturated carbocycles. The molecule has 1 heteroatoms. The van der Waals surface area contributed by atoms with Crippen LogP contribution in [0.4, 0.5) is 0 Å². The minimum absolute atomic E-state index is 0.630. The standard InChI is InChI=1S/C6H11S/c1-2-7-5-3-4-6-7/h2H,1,3-6H2/q+1. The Balaban J connectivity index is 2.26. The number of rotatable bonds is 1. The van der Waals surface area contributed by atoms with E-state index >= 15 is 0 Å². The van der Waals surface area contributed by atoms with Gasteiger partial charge in [-0.2, -0.15) is 0 Å². The normalized spacial score (nSPS) is 22.9. The van der Waals surface area contributed by atoms with Gasteiger partial charge in [0.25, 0.3) is 0 Å². The molecule has 0 aliphatic carbocycles. The third-order valence-corrected chi connectivity index (χ3v) is 3.40. The molecule has 1 aliphatic rings. The fourth-order valence-electron chi connectivity index (χ4n) is 0.844. The largest absolute Gasteiger partial charge is 0.113 e. The summed E-state index contributed by atoms with van der Waals surface area (Å²) in [5.74, 6) is 2.84. The van der Waals surface area contributed by atoms with E-state index in [1.807, 2.05) is 0 Å². The smallest absolute Gasteiger partial charge is 0.0512 e. The predicted octanol–water partition coefficient (Wildman–Crippen LogP) is 1.54. The van der Waals surface area contributed by atoms with Gasteiger partial charge in [-0.15, -0.1) is 0 Å². The highest BCUT2D eigenvalue weighted by Gasteiger charge is 2.19. The van der Waals surface area contributed by atoms with Crippen LogP contribution in [0, 0.1) is 0 Å². The average Bonchev–Trinajstić information content (AvgIpc) is 2.14. The molecule has 0 amide bonds. The van der Waals surface area contributed by atoms with Crippen LogP contribution in [0.2, 0.25) is 0 Å². The van der Waals surface area contributed by atoms with Crippen molar-refractivity contribution in [2.24, 2.45) is 0 Å². The average molecular weight is 115 g/mol. The summed E-state index contributed by atoms with van der Waals surface area (Å²) in [5, 5.41) is 2.12. The molecule has 1 aliphatic heterocycles. The van der Waals surface area contributed by atoms with Crippen LogP contribution in [0.15, 0.2) is 12.0 Å². The molecule has 0 radical (unpaired) electrons. The van der Waals surface area contributed by atoms with Crippen LogP contribution < -0.4 is 0 Å². The molecular weight excluding hydrogens is 104 g/mol. The van der Waals surface area contributed by atoms with Crippen molar-refractivity contribution < 1.29 is 0 Å². The Morgan fingerprint density at radius 2 is 1.86 bits per heavy atom. The van der Waals surface area contributed by atoms with Gasteiger partial charge in [-0.1, -0.05) is 6.58 Å². The summed E-state index contributed by atoms with van der Waals surface area (Å²) in [4.78, 5) is 0. The lowest BCUT2D eigenvalue weighted by Gasteiger charge is -1.84. The summed E-state index contributed by atoms with van der Waals surface area (Å²) in [6, 6.07) is 0. The first kappa shape index (κ1) is 5.23. The maximum Gasteiger partial charge on any atom is 0.113 e. The van der Waals surface area contributed by atoms with E-state index in [2.05, 4.69) is 12.0 Å². The topological polar surface area (TPSA) is 0 Å². The minimum Gasteiger partial charge on any atom is -0.0512 e. The number of hydrogen-bond donors (Lipinski definition) is 0. The van der Waals surface area contributed by atoms with Crippen molar-refractivity contribution in [1.82, 2.24) is 0 Å². The van der Waals surface area contributed by atoms with E-state index in [1.54, 1.807) is 0 Å². The third kappa shape index (κ3) is 1.23. The molecule has 0 aromatic heterocycles. The Hall–Kier alpha value is 0.0900. The molecule has 1 saturated heterocycles. The van der Waals surface area contributed by atoms with Gasteiger partial charge >= 0.3 is 0 Å². The molecule has 0 N–H and O–H groups in total. The highest BCUT2D eigenvalue weighted by Crippen LogP contribution is 2.12. The molecule has 40 valence electrons. The summed E-state index contributed by atoms with van der Waals surface area (Å²) in [7, 11) is 0.630. The van der Waals surface area contributed by atoms with Crippen LogP contribution in [-0.2, 0) is 10.9 Å². The van der Waals surface area contributed by atoms with E-state index in [9.17, 15) is 0 Å². The molecule has 0 nitrogen and oxygen atoms in total. The number of hydrogen-bond acceptors (Lipinski definition) is 0. The van der Waals surface area contributed by atoms with Gasteiger partial charge in [0.2, 0.25) is 0 Å². The van der Waals surface area contributed by atoms with E-state index < -0.39 is 0 Å². The third-order valence-electron chi connectivity index (χ3n) is 1.30. The van der Waals surface area contributed by atoms with Gasteiger partial charge in [-0.25, -0.2) is 0 Å². The van der Waals surface area contributed by atoms with E-state index in [4.69, 9.17) is 0 Å². The Bertz CT molecular complexity index is 62.6. The SMILES string of the molecule is C=C[S+]1CCCC1. The molecule has 0 aromatic carbocycles. The second-order valence-corrected chi connectivity index (χ2v) is 4.04. The van der Waals surface area contributed by atoms with Crippen molar-refractivity contribution in [2.45, 2.75) is 12.8 Å². The highest BCUT2D eigenvalue weighted by molar-refractivity contribution is 7.99. The van der Waals surface area contributed by atoms with Gasteiger partial charge in [0.15, 0.2) is 0 Å². The van der Waals surface area contributed by atoms with E-state index in [0.717, 1.165) is 0 Å². The van der Waals surface area contributed by atoms with E-state index in [1.165, 1.54) is 24.3 Å². The van der Waals surface area contributed by atoms with Crippen LogP contribution in [0.25, 0.3) is 0 Å². The van der Waals surface area contributed by atoms with Crippen LogP contribution in [-0.4, -0.2) is 11.5 Å². The van der Waals surface area contributed by atoms with Crippen molar-refractivity contribution in [2.75, 3.05) is 11.5 Å². The van der Waals surface area contributed by atoms with Gasteiger partial charge in [0.1, 0.15) is 16.9 Å². The molecule has 7 heavy (non-hydrogen) atoms. The van der Waals surface area contributed by atoms with Crippen molar-refractivity contribution in [3.8, 4) is 0 Å². The molecule has 0 unspecified atom stereocenters. The first-order valence-corrected chi connectivity index (χ1v) is 4.35. The minimum atomic E-state index is 0.630. The summed E-state index contributed by atoms with van der Waals surface area (Å²) >= 11 is 0. The van der Waals surface area contributed by atoms with Crippen molar-refractivity contribution >= 4 is 10.9 Å². The van der Waals surface area contributed by atoms with Crippen molar-refractivity contribution in [3.05, 3.63) is 12.0 Å². The maximum absolute atomic E-state index is 3.76. The summed E-state index contributed by atoms with van der Waals surface area (Å²) in [6.45, 7) is 3.76. The molecule has 1 rings (SSSR count). The summed E-state index contributed by atoms with van der Waals surface area (Å²) in [5.41, 5.74) is 0. The first-order valence-electron chi connectivity index (χ1n) is 2.72. The molecular formula is C6H11S+. The molecule has 0 atom stereocenters. The Morgan fingerprint density at radius 3 is 2.14 bits per heavy atom. The lowest BCUT2D eigenvalue weighted by Crippen LogP contribution is -1.95. The summed E-state index contributed by atoms with van der Waals surface area (Å²) in [6.07, 6.45) is 2.88. The molecule has 1 heterocycles. The van der Waals surface area contributed by atoms with Gasteiger partial charge in [-0.05, 0) is 12.8 Å². The van der Waals surface area contributed by atoms with Crippen LogP contribution in [0.3, 0.4) is 0 Å².